The van der Waals surface area contributed by atoms with Crippen molar-refractivity contribution < 1.29 is 0 Å². The molecule has 1 saturated heterocycles. The molecule has 0 radical (unpaired) electrons. The molecule has 1 aliphatic heterocycles. The van der Waals surface area contributed by atoms with E-state index < -0.39 is 0 Å². The molecule has 3 rings (SSSR count). The third-order valence-electron chi connectivity index (χ3n) is 3.66. The minimum Gasteiger partial charge on any atom is -0.340 e. The van der Waals surface area contributed by atoms with Crippen molar-refractivity contribution in [2.75, 3.05) is 18.0 Å². The van der Waals surface area contributed by atoms with Crippen molar-refractivity contribution in [3.05, 3.63) is 33.5 Å². The molecule has 0 saturated carbocycles. The Labute approximate surface area is 123 Å². The zero-order valence-electron chi connectivity index (χ0n) is 12.3. The molecule has 4 nitrogen and oxygen atoms in total. The van der Waals surface area contributed by atoms with Gasteiger partial charge in [0.2, 0.25) is 5.95 Å². The zero-order chi connectivity index (χ0) is 14.1. The first-order chi connectivity index (χ1) is 9.61. The molecule has 5 heteroatoms. The van der Waals surface area contributed by atoms with Gasteiger partial charge in [-0.05, 0) is 39.7 Å². The molecule has 1 atom stereocenters. The summed E-state index contributed by atoms with van der Waals surface area (Å²) in [6.45, 7) is 8.21. The number of aromatic nitrogens is 3. The highest BCUT2D eigenvalue weighted by Crippen LogP contribution is 2.31. The first kappa shape index (κ1) is 13.5. The molecular weight excluding hydrogens is 268 g/mol. The van der Waals surface area contributed by atoms with Crippen LogP contribution >= 0.6 is 11.3 Å². The van der Waals surface area contributed by atoms with Crippen molar-refractivity contribution in [2.45, 2.75) is 39.5 Å². The zero-order valence-corrected chi connectivity index (χ0v) is 13.1. The predicted octanol–water partition coefficient (Wildman–Crippen LogP) is 3.24. The summed E-state index contributed by atoms with van der Waals surface area (Å²) < 4.78 is 0. The number of hydrogen-bond acceptors (Lipinski definition) is 5. The molecule has 0 bridgehead atoms. The van der Waals surface area contributed by atoms with Crippen molar-refractivity contribution in [1.29, 1.82) is 0 Å². The van der Waals surface area contributed by atoms with E-state index in [4.69, 9.17) is 0 Å². The van der Waals surface area contributed by atoms with E-state index >= 15 is 0 Å². The molecular formula is C15H20N4S. The SMILES string of the molecule is Cc1cc(C)nc(N2CCCC(c3ncc(C)s3)C2)n1. The van der Waals surface area contributed by atoms with Gasteiger partial charge in [0, 0.05) is 41.5 Å². The van der Waals surface area contributed by atoms with E-state index in [0.717, 1.165) is 30.4 Å². The number of hydrogen-bond donors (Lipinski definition) is 0. The largest absolute Gasteiger partial charge is 0.340 e. The topological polar surface area (TPSA) is 41.9 Å². The minimum absolute atomic E-state index is 0.520. The normalized spacial score (nSPS) is 19.4. The van der Waals surface area contributed by atoms with Crippen molar-refractivity contribution in [3.63, 3.8) is 0 Å². The van der Waals surface area contributed by atoms with Crippen LogP contribution in [-0.4, -0.2) is 28.0 Å². The average molecular weight is 288 g/mol. The second-order valence-corrected chi connectivity index (χ2v) is 6.81. The van der Waals surface area contributed by atoms with Gasteiger partial charge in [-0.2, -0.15) is 0 Å². The fourth-order valence-corrected chi connectivity index (χ4v) is 3.67. The van der Waals surface area contributed by atoms with E-state index in [1.54, 1.807) is 0 Å². The van der Waals surface area contributed by atoms with Crippen molar-refractivity contribution in [2.24, 2.45) is 0 Å². The predicted molar refractivity (Wildman–Crippen MR) is 82.5 cm³/mol. The van der Waals surface area contributed by atoms with Gasteiger partial charge in [-0.15, -0.1) is 11.3 Å². The van der Waals surface area contributed by atoms with Crippen LogP contribution in [-0.2, 0) is 0 Å². The minimum atomic E-state index is 0.520. The Bertz CT molecular complexity index is 587. The molecule has 2 aromatic rings. The summed E-state index contributed by atoms with van der Waals surface area (Å²) in [4.78, 5) is 17.3. The number of anilines is 1. The highest BCUT2D eigenvalue weighted by atomic mass is 32.1. The molecule has 0 aromatic carbocycles. The second-order valence-electron chi connectivity index (χ2n) is 5.55. The molecule has 0 N–H and O–H groups in total. The van der Waals surface area contributed by atoms with Gasteiger partial charge in [0.1, 0.15) is 0 Å². The van der Waals surface area contributed by atoms with Crippen LogP contribution in [0.4, 0.5) is 5.95 Å². The Morgan fingerprint density at radius 3 is 2.60 bits per heavy atom. The Kier molecular flexibility index (Phi) is 3.70. The van der Waals surface area contributed by atoms with E-state index in [9.17, 15) is 0 Å². The Balaban J connectivity index is 1.81. The maximum atomic E-state index is 4.59. The van der Waals surface area contributed by atoms with Gasteiger partial charge >= 0.3 is 0 Å². The molecule has 1 fully saturated rings. The summed E-state index contributed by atoms with van der Waals surface area (Å²) in [5.41, 5.74) is 2.08. The summed E-state index contributed by atoms with van der Waals surface area (Å²) in [5, 5.41) is 1.26. The van der Waals surface area contributed by atoms with E-state index in [-0.39, 0.29) is 0 Å². The van der Waals surface area contributed by atoms with Crippen molar-refractivity contribution in [3.8, 4) is 0 Å². The van der Waals surface area contributed by atoms with Crippen LogP contribution in [0.15, 0.2) is 12.3 Å². The lowest BCUT2D eigenvalue weighted by molar-refractivity contribution is 0.501. The monoisotopic (exact) mass is 288 g/mol. The van der Waals surface area contributed by atoms with Crippen LogP contribution < -0.4 is 4.90 Å². The first-order valence-electron chi connectivity index (χ1n) is 7.11. The van der Waals surface area contributed by atoms with Crippen LogP contribution in [0.2, 0.25) is 0 Å². The summed E-state index contributed by atoms with van der Waals surface area (Å²) in [6.07, 6.45) is 4.38. The van der Waals surface area contributed by atoms with Crippen LogP contribution in [0.5, 0.6) is 0 Å². The fraction of sp³-hybridized carbons (Fsp3) is 0.533. The smallest absolute Gasteiger partial charge is 0.225 e. The third kappa shape index (κ3) is 2.82. The van der Waals surface area contributed by atoms with Crippen LogP contribution in [0.25, 0.3) is 0 Å². The Hall–Kier alpha value is -1.49. The summed E-state index contributed by atoms with van der Waals surface area (Å²) in [6, 6.07) is 2.02. The van der Waals surface area contributed by atoms with Crippen LogP contribution in [0.3, 0.4) is 0 Å². The lowest BCUT2D eigenvalue weighted by atomic mass is 9.99. The molecule has 2 aromatic heterocycles. The van der Waals surface area contributed by atoms with Crippen molar-refractivity contribution >= 4 is 17.3 Å². The number of thiazole rings is 1. The van der Waals surface area contributed by atoms with E-state index in [1.807, 2.05) is 37.4 Å². The van der Waals surface area contributed by atoms with Gasteiger partial charge < -0.3 is 4.90 Å². The van der Waals surface area contributed by atoms with Gasteiger partial charge in [-0.1, -0.05) is 0 Å². The number of rotatable bonds is 2. The quantitative estimate of drug-likeness (QED) is 0.850. The lowest BCUT2D eigenvalue weighted by Gasteiger charge is -2.32. The maximum absolute atomic E-state index is 4.59. The Morgan fingerprint density at radius 2 is 1.95 bits per heavy atom. The summed E-state index contributed by atoms with van der Waals surface area (Å²) in [5.74, 6) is 1.40. The van der Waals surface area contributed by atoms with E-state index in [1.165, 1.54) is 22.7 Å². The third-order valence-corrected chi connectivity index (χ3v) is 4.74. The Morgan fingerprint density at radius 1 is 1.20 bits per heavy atom. The average Bonchev–Trinajstić information content (AvgIpc) is 2.85. The first-order valence-corrected chi connectivity index (χ1v) is 7.93. The van der Waals surface area contributed by atoms with E-state index in [0.29, 0.717) is 5.92 Å². The van der Waals surface area contributed by atoms with E-state index in [2.05, 4.69) is 26.8 Å². The fourth-order valence-electron chi connectivity index (χ4n) is 2.77. The van der Waals surface area contributed by atoms with Crippen LogP contribution in [0, 0.1) is 20.8 Å². The summed E-state index contributed by atoms with van der Waals surface area (Å²) in [7, 11) is 0. The highest BCUT2D eigenvalue weighted by Gasteiger charge is 2.25. The molecule has 20 heavy (non-hydrogen) atoms. The van der Waals surface area contributed by atoms with Gasteiger partial charge in [0.25, 0.3) is 0 Å². The van der Waals surface area contributed by atoms with Crippen LogP contribution in [0.1, 0.15) is 40.0 Å². The summed E-state index contributed by atoms with van der Waals surface area (Å²) >= 11 is 1.82. The molecule has 3 heterocycles. The molecule has 1 unspecified atom stereocenters. The molecule has 0 aliphatic carbocycles. The second kappa shape index (κ2) is 5.48. The molecule has 0 spiro atoms. The number of nitrogens with zero attached hydrogens (tertiary/aromatic N) is 4. The highest BCUT2D eigenvalue weighted by molar-refractivity contribution is 7.11. The van der Waals surface area contributed by atoms with Gasteiger partial charge in [-0.3, -0.25) is 0 Å². The molecule has 0 amide bonds. The van der Waals surface area contributed by atoms with Crippen molar-refractivity contribution in [1.82, 2.24) is 15.0 Å². The van der Waals surface area contributed by atoms with Gasteiger partial charge in [-0.25, -0.2) is 15.0 Å². The number of aryl methyl sites for hydroxylation is 3. The van der Waals surface area contributed by atoms with Gasteiger partial charge in [0.15, 0.2) is 0 Å². The molecule has 106 valence electrons. The molecule has 1 aliphatic rings. The standard InChI is InChI=1S/C15H20N4S/c1-10-7-11(2)18-15(17-10)19-6-4-5-13(9-19)14-16-8-12(3)20-14/h7-8,13H,4-6,9H2,1-3H3. The van der Waals surface area contributed by atoms with Gasteiger partial charge in [0.05, 0.1) is 5.01 Å². The lowest BCUT2D eigenvalue weighted by Crippen LogP contribution is -2.35. The maximum Gasteiger partial charge on any atom is 0.225 e. The number of piperidine rings is 1.